The highest BCUT2D eigenvalue weighted by molar-refractivity contribution is 4.72. The maximum atomic E-state index is 2.38. The summed E-state index contributed by atoms with van der Waals surface area (Å²) in [4.78, 5) is 0. The summed E-state index contributed by atoms with van der Waals surface area (Å²) >= 11 is 0. The van der Waals surface area contributed by atoms with Gasteiger partial charge in [0, 0.05) is 0 Å². The predicted molar refractivity (Wildman–Crippen MR) is 196 cm³/mol. The Bertz CT molecular complexity index is 476. The van der Waals surface area contributed by atoms with Gasteiger partial charge >= 0.3 is 0 Å². The van der Waals surface area contributed by atoms with Crippen LogP contribution < -0.4 is 0 Å². The van der Waals surface area contributed by atoms with Crippen molar-refractivity contribution >= 4 is 0 Å². The molecule has 0 saturated heterocycles. The van der Waals surface area contributed by atoms with Crippen LogP contribution in [0.2, 0.25) is 0 Å². The van der Waals surface area contributed by atoms with Crippen LogP contribution in [0.4, 0.5) is 0 Å². The fourth-order valence-electron chi connectivity index (χ4n) is 7.29. The normalized spacial score (nSPS) is 13.4. The topological polar surface area (TPSA) is 0 Å². The van der Waals surface area contributed by atoms with E-state index in [-0.39, 0.29) is 0 Å². The molecule has 0 amide bonds. The lowest BCUT2D eigenvalue weighted by molar-refractivity contribution is 0.236. The van der Waals surface area contributed by atoms with Gasteiger partial charge < -0.3 is 0 Å². The SMILES string of the molecule is CCCCCCCCCCC(CCCCCCCC(C)C)C(CCCCCCCCC)CCCCCCCCC(C)C. The van der Waals surface area contributed by atoms with Crippen LogP contribution in [-0.4, -0.2) is 0 Å². The van der Waals surface area contributed by atoms with Crippen molar-refractivity contribution in [2.45, 2.75) is 247 Å². The Kier molecular flexibility index (Phi) is 33.9. The number of hydrogen-bond donors (Lipinski definition) is 0. The highest BCUT2D eigenvalue weighted by Gasteiger charge is 2.20. The fourth-order valence-corrected chi connectivity index (χ4v) is 7.29. The largest absolute Gasteiger partial charge is 0.0654 e. The van der Waals surface area contributed by atoms with Crippen molar-refractivity contribution in [3.05, 3.63) is 0 Å². The zero-order chi connectivity index (χ0) is 30.9. The van der Waals surface area contributed by atoms with E-state index in [0.717, 1.165) is 23.7 Å². The number of rotatable bonds is 35. The van der Waals surface area contributed by atoms with Crippen molar-refractivity contribution in [2.24, 2.45) is 23.7 Å². The van der Waals surface area contributed by atoms with Crippen molar-refractivity contribution in [2.75, 3.05) is 0 Å². The Morgan fingerprint density at radius 2 is 0.429 bits per heavy atom. The minimum absolute atomic E-state index is 0.883. The standard InChI is InChI=1S/C42H86/c1-7-9-11-13-15-17-24-30-36-42(38-32-26-20-22-28-34-40(5)6)41(35-29-23-16-14-12-10-8-2)37-31-25-19-18-21-27-33-39(3)4/h39-42H,7-38H2,1-6H3. The van der Waals surface area contributed by atoms with E-state index in [2.05, 4.69) is 41.5 Å². The first kappa shape index (κ1) is 42.0. The Balaban J connectivity index is 4.77. The van der Waals surface area contributed by atoms with Gasteiger partial charge in [-0.05, 0) is 23.7 Å². The summed E-state index contributed by atoms with van der Waals surface area (Å²) in [6, 6.07) is 0. The van der Waals surface area contributed by atoms with Gasteiger partial charge in [0.2, 0.25) is 0 Å². The summed E-state index contributed by atoms with van der Waals surface area (Å²) < 4.78 is 0. The molecule has 0 spiro atoms. The first-order valence-electron chi connectivity index (χ1n) is 20.5. The molecule has 2 atom stereocenters. The van der Waals surface area contributed by atoms with Gasteiger partial charge in [0.05, 0.1) is 0 Å². The van der Waals surface area contributed by atoms with Gasteiger partial charge in [-0.3, -0.25) is 0 Å². The third-order valence-corrected chi connectivity index (χ3v) is 10.2. The van der Waals surface area contributed by atoms with Crippen LogP contribution in [0.25, 0.3) is 0 Å². The van der Waals surface area contributed by atoms with Crippen LogP contribution in [0.1, 0.15) is 247 Å². The van der Waals surface area contributed by atoms with Gasteiger partial charge in [0.1, 0.15) is 0 Å². The van der Waals surface area contributed by atoms with Crippen molar-refractivity contribution < 1.29 is 0 Å². The molecular formula is C42H86. The smallest absolute Gasteiger partial charge is 0.0386 e. The molecule has 0 nitrogen and oxygen atoms in total. The second kappa shape index (κ2) is 33.9. The quantitative estimate of drug-likeness (QED) is 0.0644. The van der Waals surface area contributed by atoms with Crippen molar-refractivity contribution in [1.29, 1.82) is 0 Å². The Labute approximate surface area is 270 Å². The molecule has 0 saturated carbocycles. The lowest BCUT2D eigenvalue weighted by atomic mass is 9.78. The van der Waals surface area contributed by atoms with Crippen LogP contribution >= 0.6 is 0 Å². The van der Waals surface area contributed by atoms with Gasteiger partial charge in [-0.25, -0.2) is 0 Å². The summed E-state index contributed by atoms with van der Waals surface area (Å²) in [6.45, 7) is 14.2. The molecule has 42 heavy (non-hydrogen) atoms. The molecule has 0 radical (unpaired) electrons. The van der Waals surface area contributed by atoms with E-state index in [0.29, 0.717) is 0 Å². The van der Waals surface area contributed by atoms with Crippen LogP contribution in [0.5, 0.6) is 0 Å². The number of unbranched alkanes of at least 4 members (excludes halogenated alkanes) is 22. The van der Waals surface area contributed by atoms with E-state index in [1.807, 2.05) is 0 Å². The van der Waals surface area contributed by atoms with E-state index >= 15 is 0 Å². The van der Waals surface area contributed by atoms with E-state index in [1.165, 1.54) is 199 Å². The fraction of sp³-hybridized carbons (Fsp3) is 1.00. The Morgan fingerprint density at radius 3 is 0.643 bits per heavy atom. The Hall–Kier alpha value is 0. The van der Waals surface area contributed by atoms with Gasteiger partial charge in [-0.1, -0.05) is 247 Å². The lowest BCUT2D eigenvalue weighted by Gasteiger charge is -2.28. The molecule has 0 aromatic heterocycles. The van der Waals surface area contributed by atoms with E-state index in [9.17, 15) is 0 Å². The molecule has 0 bridgehead atoms. The molecule has 0 heteroatoms. The molecule has 0 aromatic rings. The molecule has 0 rings (SSSR count). The second-order valence-corrected chi connectivity index (χ2v) is 15.5. The lowest BCUT2D eigenvalue weighted by Crippen LogP contribution is -2.16. The molecule has 0 aliphatic carbocycles. The summed E-state index contributed by atoms with van der Waals surface area (Å²) in [5.41, 5.74) is 0. The maximum absolute atomic E-state index is 2.38. The molecule has 0 aliphatic rings. The van der Waals surface area contributed by atoms with Crippen LogP contribution in [0.15, 0.2) is 0 Å². The molecular weight excluding hydrogens is 504 g/mol. The summed E-state index contributed by atoms with van der Waals surface area (Å²) in [5, 5.41) is 0. The molecule has 0 aliphatic heterocycles. The molecule has 254 valence electrons. The van der Waals surface area contributed by atoms with Gasteiger partial charge in [0.15, 0.2) is 0 Å². The van der Waals surface area contributed by atoms with E-state index < -0.39 is 0 Å². The minimum Gasteiger partial charge on any atom is -0.0654 e. The van der Waals surface area contributed by atoms with Gasteiger partial charge in [0.25, 0.3) is 0 Å². The second-order valence-electron chi connectivity index (χ2n) is 15.5. The highest BCUT2D eigenvalue weighted by Crippen LogP contribution is 2.34. The minimum atomic E-state index is 0.883. The zero-order valence-electron chi connectivity index (χ0n) is 30.9. The summed E-state index contributed by atoms with van der Waals surface area (Å²) in [7, 11) is 0. The monoisotopic (exact) mass is 591 g/mol. The molecule has 0 aromatic carbocycles. The number of hydrogen-bond acceptors (Lipinski definition) is 0. The highest BCUT2D eigenvalue weighted by atomic mass is 14.3. The van der Waals surface area contributed by atoms with Gasteiger partial charge in [-0.2, -0.15) is 0 Å². The van der Waals surface area contributed by atoms with Crippen LogP contribution in [-0.2, 0) is 0 Å². The predicted octanol–water partition coefficient (Wildman–Crippen LogP) is 16.1. The van der Waals surface area contributed by atoms with Crippen molar-refractivity contribution in [3.63, 3.8) is 0 Å². The molecule has 2 unspecified atom stereocenters. The first-order valence-corrected chi connectivity index (χ1v) is 20.5. The first-order chi connectivity index (χ1) is 20.5. The zero-order valence-corrected chi connectivity index (χ0v) is 30.9. The van der Waals surface area contributed by atoms with Crippen molar-refractivity contribution in [1.82, 2.24) is 0 Å². The average Bonchev–Trinajstić information content (AvgIpc) is 2.96. The average molecular weight is 591 g/mol. The van der Waals surface area contributed by atoms with Crippen LogP contribution in [0, 0.1) is 23.7 Å². The Morgan fingerprint density at radius 1 is 0.238 bits per heavy atom. The van der Waals surface area contributed by atoms with Crippen molar-refractivity contribution in [3.8, 4) is 0 Å². The van der Waals surface area contributed by atoms with E-state index in [4.69, 9.17) is 0 Å². The summed E-state index contributed by atoms with van der Waals surface area (Å²) in [5.74, 6) is 3.81. The van der Waals surface area contributed by atoms with E-state index in [1.54, 1.807) is 6.42 Å². The van der Waals surface area contributed by atoms with Crippen LogP contribution in [0.3, 0.4) is 0 Å². The third-order valence-electron chi connectivity index (χ3n) is 10.2. The molecule has 0 N–H and O–H groups in total. The third kappa shape index (κ3) is 31.4. The molecule has 0 heterocycles. The maximum Gasteiger partial charge on any atom is -0.0386 e. The summed E-state index contributed by atoms with van der Waals surface area (Å²) in [6.07, 6.45) is 47.3. The molecule has 0 fully saturated rings. The van der Waals surface area contributed by atoms with Gasteiger partial charge in [-0.15, -0.1) is 0 Å².